The van der Waals surface area contributed by atoms with Gasteiger partial charge < -0.3 is 5.32 Å². The fourth-order valence-electron chi connectivity index (χ4n) is 4.09. The maximum absolute atomic E-state index is 13.2. The molecule has 1 heterocycles. The summed E-state index contributed by atoms with van der Waals surface area (Å²) in [5.74, 6) is -0.844. The Morgan fingerprint density at radius 2 is 1.56 bits per heavy atom. The van der Waals surface area contributed by atoms with Crippen LogP contribution in [0, 0.1) is 20.8 Å². The van der Waals surface area contributed by atoms with Crippen LogP contribution >= 0.6 is 0 Å². The molecule has 0 saturated heterocycles. The minimum atomic E-state index is -0.410. The minimum absolute atomic E-state index is 0.246. The van der Waals surface area contributed by atoms with E-state index in [2.05, 4.69) is 19.2 Å². The first kappa shape index (κ1) is 21.5. The number of amides is 3. The summed E-state index contributed by atoms with van der Waals surface area (Å²) in [6.07, 6.45) is 0. The molecule has 5 nitrogen and oxygen atoms in total. The molecule has 3 aromatic carbocycles. The van der Waals surface area contributed by atoms with Crippen LogP contribution in [0.4, 0.5) is 11.4 Å². The van der Waals surface area contributed by atoms with E-state index in [9.17, 15) is 14.4 Å². The Morgan fingerprint density at radius 1 is 0.844 bits per heavy atom. The highest BCUT2D eigenvalue weighted by atomic mass is 16.2. The summed E-state index contributed by atoms with van der Waals surface area (Å²) >= 11 is 0. The van der Waals surface area contributed by atoms with Crippen LogP contribution in [0.2, 0.25) is 0 Å². The third kappa shape index (κ3) is 3.60. The first-order valence-corrected chi connectivity index (χ1v) is 10.7. The molecule has 0 unspecified atom stereocenters. The van der Waals surface area contributed by atoms with Crippen molar-refractivity contribution in [2.75, 3.05) is 10.2 Å². The zero-order valence-corrected chi connectivity index (χ0v) is 18.9. The predicted octanol–water partition coefficient (Wildman–Crippen LogP) is 5.79. The number of carbonyl (C=O) groups is 3. The average molecular weight is 427 g/mol. The number of aryl methyl sites for hydroxylation is 3. The van der Waals surface area contributed by atoms with Gasteiger partial charge in [-0.2, -0.15) is 0 Å². The van der Waals surface area contributed by atoms with Crippen molar-refractivity contribution in [2.45, 2.75) is 40.5 Å². The van der Waals surface area contributed by atoms with Crippen molar-refractivity contribution < 1.29 is 14.4 Å². The fraction of sp³-hybridized carbons (Fsp3) is 0.222. The van der Waals surface area contributed by atoms with Gasteiger partial charge in [-0.05, 0) is 73.2 Å². The van der Waals surface area contributed by atoms with E-state index in [4.69, 9.17) is 0 Å². The number of para-hydroxylation sites is 1. The molecule has 0 bridgehead atoms. The molecular weight excluding hydrogens is 400 g/mol. The quantitative estimate of drug-likeness (QED) is 0.537. The normalized spacial score (nSPS) is 13.0. The average Bonchev–Trinajstić information content (AvgIpc) is 3.00. The van der Waals surface area contributed by atoms with Gasteiger partial charge in [0.1, 0.15) is 0 Å². The van der Waals surface area contributed by atoms with Gasteiger partial charge in [-0.3, -0.25) is 14.4 Å². The first-order valence-electron chi connectivity index (χ1n) is 10.7. The Morgan fingerprint density at radius 3 is 2.28 bits per heavy atom. The number of imide groups is 1. The molecule has 0 spiro atoms. The topological polar surface area (TPSA) is 66.5 Å². The maximum atomic E-state index is 13.2. The Balaban J connectivity index is 1.68. The van der Waals surface area contributed by atoms with Gasteiger partial charge in [-0.15, -0.1) is 0 Å². The highest BCUT2D eigenvalue weighted by molar-refractivity contribution is 6.35. The van der Waals surface area contributed by atoms with Gasteiger partial charge in [-0.1, -0.05) is 44.2 Å². The van der Waals surface area contributed by atoms with Crippen molar-refractivity contribution in [1.29, 1.82) is 0 Å². The number of rotatable bonds is 4. The van der Waals surface area contributed by atoms with Crippen LogP contribution in [0.3, 0.4) is 0 Å². The van der Waals surface area contributed by atoms with Crippen molar-refractivity contribution in [1.82, 2.24) is 0 Å². The van der Waals surface area contributed by atoms with Crippen molar-refractivity contribution in [2.24, 2.45) is 0 Å². The number of nitrogens with zero attached hydrogens (tertiary/aromatic N) is 1. The van der Waals surface area contributed by atoms with E-state index in [0.29, 0.717) is 16.8 Å². The van der Waals surface area contributed by atoms with Gasteiger partial charge in [0.2, 0.25) is 0 Å². The third-order valence-corrected chi connectivity index (χ3v) is 5.92. The summed E-state index contributed by atoms with van der Waals surface area (Å²) in [5.41, 5.74) is 6.07. The van der Waals surface area contributed by atoms with Crippen molar-refractivity contribution in [3.63, 3.8) is 0 Å². The van der Waals surface area contributed by atoms with Crippen LogP contribution < -0.4 is 10.2 Å². The van der Waals surface area contributed by atoms with Gasteiger partial charge in [0.15, 0.2) is 0 Å². The first-order chi connectivity index (χ1) is 15.2. The standard InChI is InChI=1S/C27H26N2O3/c1-15(2)20-8-6-7-18(5)24(20)28-25(30)19-11-12-21-22(14-19)27(32)29(26(21)31)23-13-16(3)9-10-17(23)4/h6-15H,1-5H3,(H,28,30). The molecule has 0 fully saturated rings. The molecule has 1 aliphatic heterocycles. The number of hydrogen-bond acceptors (Lipinski definition) is 3. The van der Waals surface area contributed by atoms with Gasteiger partial charge in [0.25, 0.3) is 17.7 Å². The number of anilines is 2. The molecule has 0 atom stereocenters. The predicted molar refractivity (Wildman–Crippen MR) is 127 cm³/mol. The summed E-state index contributed by atoms with van der Waals surface area (Å²) < 4.78 is 0. The smallest absolute Gasteiger partial charge is 0.266 e. The summed E-state index contributed by atoms with van der Waals surface area (Å²) in [6.45, 7) is 9.89. The second kappa shape index (κ2) is 8.08. The van der Waals surface area contributed by atoms with Gasteiger partial charge >= 0.3 is 0 Å². The lowest BCUT2D eigenvalue weighted by Gasteiger charge is -2.17. The van der Waals surface area contributed by atoms with Crippen LogP contribution in [-0.4, -0.2) is 17.7 Å². The molecule has 0 radical (unpaired) electrons. The van der Waals surface area contributed by atoms with Crippen LogP contribution in [0.25, 0.3) is 0 Å². The molecule has 3 aromatic rings. The van der Waals surface area contributed by atoms with Crippen LogP contribution in [0.1, 0.15) is 73.1 Å². The van der Waals surface area contributed by atoms with E-state index >= 15 is 0 Å². The second-order valence-electron chi connectivity index (χ2n) is 8.64. The monoisotopic (exact) mass is 426 g/mol. The Kier molecular flexibility index (Phi) is 5.43. The van der Waals surface area contributed by atoms with Crippen LogP contribution in [0.5, 0.6) is 0 Å². The number of hydrogen-bond donors (Lipinski definition) is 1. The van der Waals surface area contributed by atoms with Gasteiger partial charge in [-0.25, -0.2) is 4.90 Å². The van der Waals surface area contributed by atoms with E-state index < -0.39 is 5.91 Å². The van der Waals surface area contributed by atoms with Crippen molar-refractivity contribution in [3.8, 4) is 0 Å². The van der Waals surface area contributed by atoms with Gasteiger partial charge in [0, 0.05) is 11.3 Å². The fourth-order valence-corrected chi connectivity index (χ4v) is 4.09. The molecule has 1 aliphatic rings. The highest BCUT2D eigenvalue weighted by Crippen LogP contribution is 2.32. The van der Waals surface area contributed by atoms with E-state index in [0.717, 1.165) is 27.9 Å². The number of fused-ring (bicyclic) bond motifs is 1. The van der Waals surface area contributed by atoms with E-state index in [1.165, 1.54) is 11.0 Å². The SMILES string of the molecule is Cc1ccc(C)c(N2C(=O)c3ccc(C(=O)Nc4c(C)cccc4C(C)C)cc3C2=O)c1. The number of benzene rings is 3. The lowest BCUT2D eigenvalue weighted by atomic mass is 9.97. The third-order valence-electron chi connectivity index (χ3n) is 5.92. The Bertz CT molecular complexity index is 1270. The minimum Gasteiger partial charge on any atom is -0.321 e. The largest absolute Gasteiger partial charge is 0.321 e. The van der Waals surface area contributed by atoms with Gasteiger partial charge in [0.05, 0.1) is 16.8 Å². The molecule has 5 heteroatoms. The lowest BCUT2D eigenvalue weighted by Crippen LogP contribution is -2.30. The van der Waals surface area contributed by atoms with Crippen LogP contribution in [0.15, 0.2) is 54.6 Å². The van der Waals surface area contributed by atoms with E-state index in [1.54, 1.807) is 12.1 Å². The summed E-state index contributed by atoms with van der Waals surface area (Å²) in [4.78, 5) is 40.4. The number of carbonyl (C=O) groups excluding carboxylic acids is 3. The highest BCUT2D eigenvalue weighted by Gasteiger charge is 2.37. The summed E-state index contributed by atoms with van der Waals surface area (Å²) in [7, 11) is 0. The van der Waals surface area contributed by atoms with Crippen molar-refractivity contribution in [3.05, 3.63) is 93.5 Å². The van der Waals surface area contributed by atoms with Crippen LogP contribution in [-0.2, 0) is 0 Å². The maximum Gasteiger partial charge on any atom is 0.266 e. The molecule has 0 saturated carbocycles. The zero-order chi connectivity index (χ0) is 23.2. The molecule has 0 aliphatic carbocycles. The van der Waals surface area contributed by atoms with E-state index in [1.807, 2.05) is 57.2 Å². The number of nitrogens with one attached hydrogen (secondary N) is 1. The Hall–Kier alpha value is -3.73. The lowest BCUT2D eigenvalue weighted by molar-refractivity contribution is 0.0925. The molecule has 3 amide bonds. The second-order valence-corrected chi connectivity index (χ2v) is 8.64. The molecule has 4 rings (SSSR count). The molecule has 162 valence electrons. The zero-order valence-electron chi connectivity index (χ0n) is 18.9. The van der Waals surface area contributed by atoms with Crippen molar-refractivity contribution >= 4 is 29.1 Å². The molecule has 1 N–H and O–H groups in total. The molecule has 32 heavy (non-hydrogen) atoms. The Labute approximate surface area is 188 Å². The molecule has 0 aromatic heterocycles. The van der Waals surface area contributed by atoms with E-state index in [-0.39, 0.29) is 23.3 Å². The summed E-state index contributed by atoms with van der Waals surface area (Å²) in [6, 6.07) is 16.3. The summed E-state index contributed by atoms with van der Waals surface area (Å²) in [5, 5.41) is 3.00. The molecular formula is C27H26N2O3.